The molecule has 2 amide bonds. The predicted octanol–water partition coefficient (Wildman–Crippen LogP) is 4.10. The van der Waals surface area contributed by atoms with E-state index in [-0.39, 0.29) is 46.5 Å². The second-order valence-corrected chi connectivity index (χ2v) is 9.49. The summed E-state index contributed by atoms with van der Waals surface area (Å²) in [5, 5.41) is 6.28. The minimum atomic E-state index is -0.419. The van der Waals surface area contributed by atoms with Crippen molar-refractivity contribution in [3.63, 3.8) is 0 Å². The van der Waals surface area contributed by atoms with Gasteiger partial charge in [-0.25, -0.2) is 0 Å². The lowest BCUT2D eigenvalue weighted by molar-refractivity contribution is -0.145. The van der Waals surface area contributed by atoms with E-state index in [2.05, 4.69) is 26.6 Å². The van der Waals surface area contributed by atoms with E-state index < -0.39 is 5.92 Å². The third kappa shape index (κ3) is 3.20. The lowest BCUT2D eigenvalue weighted by Crippen LogP contribution is -2.40. The Labute approximate surface area is 186 Å². The lowest BCUT2D eigenvalue weighted by Gasteiger charge is -2.27. The molecule has 3 fully saturated rings. The number of halogens is 2. The molecule has 6 atom stereocenters. The highest BCUT2D eigenvalue weighted by atomic mass is 79.9. The van der Waals surface area contributed by atoms with Gasteiger partial charge < -0.3 is 15.4 Å². The van der Waals surface area contributed by atoms with Crippen molar-refractivity contribution < 1.29 is 19.1 Å². The Hall–Kier alpha value is -2.38. The van der Waals surface area contributed by atoms with Crippen molar-refractivity contribution in [2.75, 3.05) is 10.6 Å². The third-order valence-electron chi connectivity index (χ3n) is 6.32. The number of benzene rings is 2. The second-order valence-electron chi connectivity index (χ2n) is 7.99. The van der Waals surface area contributed by atoms with Crippen LogP contribution < -0.4 is 10.6 Å². The summed E-state index contributed by atoms with van der Waals surface area (Å²) in [6, 6.07) is 13.5. The maximum absolute atomic E-state index is 13.0. The number of fused-ring (bicyclic) bond motifs is 1. The number of amides is 2. The van der Waals surface area contributed by atoms with Crippen LogP contribution in [0.4, 0.5) is 11.4 Å². The van der Waals surface area contributed by atoms with Crippen molar-refractivity contribution in [2.24, 2.45) is 23.7 Å². The molecule has 8 heteroatoms. The fourth-order valence-electron chi connectivity index (χ4n) is 5.03. The Balaban J connectivity index is 1.30. The summed E-state index contributed by atoms with van der Waals surface area (Å²) in [7, 11) is 0. The molecule has 2 aromatic rings. The van der Waals surface area contributed by atoms with Crippen LogP contribution in [-0.2, 0) is 14.3 Å². The molecule has 5 rings (SSSR count). The summed E-state index contributed by atoms with van der Waals surface area (Å²) in [6.07, 6.45) is 0.704. The van der Waals surface area contributed by atoms with E-state index in [4.69, 9.17) is 16.3 Å². The first kappa shape index (κ1) is 19.6. The van der Waals surface area contributed by atoms with Crippen molar-refractivity contribution in [2.45, 2.75) is 17.4 Å². The van der Waals surface area contributed by atoms with Crippen LogP contribution in [0.25, 0.3) is 0 Å². The number of carbonyl (C=O) groups is 3. The molecule has 2 aromatic carbocycles. The van der Waals surface area contributed by atoms with E-state index in [9.17, 15) is 14.4 Å². The van der Waals surface area contributed by atoms with E-state index in [1.165, 1.54) is 0 Å². The summed E-state index contributed by atoms with van der Waals surface area (Å²) in [5.41, 5.74) is 1.55. The summed E-state index contributed by atoms with van der Waals surface area (Å²) in [5.74, 6) is -1.37. The van der Waals surface area contributed by atoms with Gasteiger partial charge in [-0.05, 0) is 54.8 Å². The van der Waals surface area contributed by atoms with Gasteiger partial charge >= 0.3 is 5.97 Å². The average molecular weight is 490 g/mol. The van der Waals surface area contributed by atoms with Crippen LogP contribution in [0.5, 0.6) is 0 Å². The minimum absolute atomic E-state index is 0.0115. The van der Waals surface area contributed by atoms with Gasteiger partial charge in [0, 0.05) is 27.9 Å². The molecule has 3 aliphatic rings. The van der Waals surface area contributed by atoms with E-state index >= 15 is 0 Å². The van der Waals surface area contributed by atoms with Gasteiger partial charge in [0.15, 0.2) is 0 Å². The van der Waals surface area contributed by atoms with Crippen LogP contribution in [0.3, 0.4) is 0 Å². The van der Waals surface area contributed by atoms with Gasteiger partial charge in [0.2, 0.25) is 5.91 Å². The number of carbonyl (C=O) groups excluding carboxylic acids is 3. The maximum Gasteiger partial charge on any atom is 0.310 e. The van der Waals surface area contributed by atoms with Gasteiger partial charge in [-0.1, -0.05) is 33.6 Å². The van der Waals surface area contributed by atoms with Gasteiger partial charge in [-0.3, -0.25) is 14.4 Å². The normalized spacial score (nSPS) is 30.8. The lowest BCUT2D eigenvalue weighted by atomic mass is 9.79. The Morgan fingerprint density at radius 3 is 2.57 bits per heavy atom. The smallest absolute Gasteiger partial charge is 0.310 e. The molecule has 0 unspecified atom stereocenters. The van der Waals surface area contributed by atoms with Gasteiger partial charge in [0.25, 0.3) is 5.91 Å². The summed E-state index contributed by atoms with van der Waals surface area (Å²) >= 11 is 9.49. The maximum atomic E-state index is 13.0. The molecule has 1 heterocycles. The molecule has 0 radical (unpaired) electrons. The summed E-state index contributed by atoms with van der Waals surface area (Å²) in [6.45, 7) is 0. The molecule has 0 aromatic heterocycles. The molecule has 1 aliphatic heterocycles. The zero-order valence-electron chi connectivity index (χ0n) is 15.7. The van der Waals surface area contributed by atoms with Crippen LogP contribution in [-0.4, -0.2) is 28.7 Å². The molecule has 2 N–H and O–H groups in total. The number of nitrogens with one attached hydrogen (secondary N) is 2. The summed E-state index contributed by atoms with van der Waals surface area (Å²) < 4.78 is 5.47. The molecule has 1 saturated heterocycles. The van der Waals surface area contributed by atoms with Crippen molar-refractivity contribution in [3.05, 3.63) is 59.1 Å². The number of esters is 1. The number of alkyl halides is 1. The second kappa shape index (κ2) is 7.39. The Bertz CT molecular complexity index is 1040. The first-order chi connectivity index (χ1) is 14.4. The third-order valence-corrected chi connectivity index (χ3v) is 7.77. The zero-order valence-corrected chi connectivity index (χ0v) is 18.0. The van der Waals surface area contributed by atoms with E-state index in [1.807, 2.05) is 0 Å². The molecular weight excluding hydrogens is 472 g/mol. The number of anilines is 2. The van der Waals surface area contributed by atoms with E-state index in [0.29, 0.717) is 22.0 Å². The van der Waals surface area contributed by atoms with Gasteiger partial charge in [0.1, 0.15) is 6.10 Å². The molecule has 2 aliphatic carbocycles. The fraction of sp³-hybridized carbons (Fsp3) is 0.318. The van der Waals surface area contributed by atoms with Crippen molar-refractivity contribution >= 4 is 56.7 Å². The Morgan fingerprint density at radius 1 is 1.03 bits per heavy atom. The van der Waals surface area contributed by atoms with E-state index in [1.54, 1.807) is 48.5 Å². The minimum Gasteiger partial charge on any atom is -0.461 e. The monoisotopic (exact) mass is 488 g/mol. The van der Waals surface area contributed by atoms with Crippen molar-refractivity contribution in [3.8, 4) is 0 Å². The molecule has 2 bridgehead atoms. The van der Waals surface area contributed by atoms with Crippen LogP contribution in [0, 0.1) is 23.7 Å². The highest BCUT2D eigenvalue weighted by Crippen LogP contribution is 2.60. The molecule has 2 saturated carbocycles. The van der Waals surface area contributed by atoms with Crippen LogP contribution in [0.1, 0.15) is 16.8 Å². The van der Waals surface area contributed by atoms with Crippen LogP contribution >= 0.6 is 27.5 Å². The molecule has 154 valence electrons. The van der Waals surface area contributed by atoms with Gasteiger partial charge in [-0.15, -0.1) is 0 Å². The number of hydrogen-bond donors (Lipinski definition) is 2. The highest BCUT2D eigenvalue weighted by Gasteiger charge is 2.67. The number of rotatable bonds is 4. The first-order valence-electron chi connectivity index (χ1n) is 9.75. The molecular formula is C22H18BrClN2O4. The number of ether oxygens (including phenoxy) is 1. The van der Waals surface area contributed by atoms with Crippen molar-refractivity contribution in [1.29, 1.82) is 0 Å². The zero-order chi connectivity index (χ0) is 21.0. The van der Waals surface area contributed by atoms with E-state index in [0.717, 1.165) is 6.42 Å². The standard InChI is InChI=1S/C22H18BrClN2O4/c23-18-14-9-15-17(22(29)30-19(15)18)16(14)21(28)26-13-3-1-2-10(8-13)20(27)25-12-6-4-11(24)5-7-12/h1-8,14-19H,9H2,(H,25,27)(H,26,28)/t14-,15-,16-,17-,18-,19+/m1/s1. The van der Waals surface area contributed by atoms with Gasteiger partial charge in [0.05, 0.1) is 16.7 Å². The van der Waals surface area contributed by atoms with Crippen LogP contribution in [0.15, 0.2) is 48.5 Å². The van der Waals surface area contributed by atoms with Crippen LogP contribution in [0.2, 0.25) is 5.02 Å². The Kier molecular flexibility index (Phi) is 4.82. The molecule has 0 spiro atoms. The Morgan fingerprint density at radius 2 is 1.80 bits per heavy atom. The quantitative estimate of drug-likeness (QED) is 0.500. The van der Waals surface area contributed by atoms with Crippen molar-refractivity contribution in [1.82, 2.24) is 0 Å². The molecule has 30 heavy (non-hydrogen) atoms. The first-order valence-corrected chi connectivity index (χ1v) is 11.0. The van der Waals surface area contributed by atoms with Gasteiger partial charge in [-0.2, -0.15) is 0 Å². The average Bonchev–Trinajstić information content (AvgIpc) is 3.34. The predicted molar refractivity (Wildman–Crippen MR) is 116 cm³/mol. The number of hydrogen-bond acceptors (Lipinski definition) is 4. The SMILES string of the molecule is O=C(Nc1ccc(Cl)cc1)c1cccc(NC(=O)[C@@H]2[C@H]3C[C@H]4[C@H](OC(=O)[C@H]42)[C@@H]3Br)c1. The topological polar surface area (TPSA) is 84.5 Å². The summed E-state index contributed by atoms with van der Waals surface area (Å²) in [4.78, 5) is 37.9. The highest BCUT2D eigenvalue weighted by molar-refractivity contribution is 9.09. The largest absolute Gasteiger partial charge is 0.461 e. The fourth-order valence-corrected chi connectivity index (χ4v) is 6.20. The molecule has 6 nitrogen and oxygen atoms in total.